The summed E-state index contributed by atoms with van der Waals surface area (Å²) in [6, 6.07) is 32.2. The molecule has 2 nitrogen and oxygen atoms in total. The second-order valence-corrected chi connectivity index (χ2v) is 9.59. The van der Waals surface area contributed by atoms with Gasteiger partial charge in [-0.2, -0.15) is 26.3 Å². The van der Waals surface area contributed by atoms with Crippen molar-refractivity contribution >= 4 is 16.9 Å². The molecule has 0 aliphatic carbocycles. The topological polar surface area (TPSA) is 40.1 Å². The van der Waals surface area contributed by atoms with Gasteiger partial charge in [0.2, 0.25) is 0 Å². The number of alkyl halides is 7. The Morgan fingerprint density at radius 3 is 1.36 bits per heavy atom. The Morgan fingerprint density at radius 1 is 0.750 bits per heavy atom. The summed E-state index contributed by atoms with van der Waals surface area (Å²) in [6.45, 7) is 1.16. The summed E-state index contributed by atoms with van der Waals surface area (Å²) in [5, 5.41) is 9.70. The lowest BCUT2D eigenvalue weighted by molar-refractivity contribution is -0.374. The zero-order valence-electron chi connectivity index (χ0n) is 19.0. The summed E-state index contributed by atoms with van der Waals surface area (Å²) < 4.78 is 88.2. The van der Waals surface area contributed by atoms with Crippen molar-refractivity contribution in [2.45, 2.75) is 58.4 Å². The quantitative estimate of drug-likeness (QED) is 0.231. The monoisotopic (exact) mass is 532 g/mol. The maximum atomic E-state index is 12.7. The van der Waals surface area contributed by atoms with Gasteiger partial charge in [-0.1, -0.05) is 67.9 Å². The Bertz CT molecular complexity index is 987. The molecule has 1 unspecified atom stereocenters. The first kappa shape index (κ1) is 29.2. The first-order valence-electron chi connectivity index (χ1n) is 10.8. The maximum Gasteiger partial charge on any atom is 0.380 e. The molecule has 0 bridgehead atoms. The van der Waals surface area contributed by atoms with Crippen LogP contribution in [0.1, 0.15) is 19.8 Å². The van der Waals surface area contributed by atoms with Gasteiger partial charge in [-0.05, 0) is 42.8 Å². The second kappa shape index (κ2) is 12.3. The van der Waals surface area contributed by atoms with Crippen molar-refractivity contribution in [2.24, 2.45) is 0 Å². The van der Waals surface area contributed by atoms with Crippen LogP contribution in [-0.2, 0) is 15.7 Å². The molecule has 1 atom stereocenters. The Labute approximate surface area is 207 Å². The number of benzene rings is 3. The highest BCUT2D eigenvalue weighted by atomic mass is 32.2. The number of hydrogen-bond donors (Lipinski definition) is 0. The normalized spacial score (nSPS) is 13.0. The van der Waals surface area contributed by atoms with E-state index in [1.54, 1.807) is 0 Å². The number of carbonyl (C=O) groups excluding carboxylic acids is 1. The van der Waals surface area contributed by atoms with Crippen LogP contribution >= 0.6 is 0 Å². The number of carbonyl (C=O) groups is 1. The van der Waals surface area contributed by atoms with Gasteiger partial charge in [0, 0.05) is 0 Å². The molecule has 3 rings (SSSR count). The summed E-state index contributed by atoms with van der Waals surface area (Å²) in [5.74, 6) is -22.0. The molecule has 3 aromatic rings. The molecule has 0 saturated carbocycles. The van der Waals surface area contributed by atoms with E-state index < -0.39 is 36.3 Å². The van der Waals surface area contributed by atoms with Gasteiger partial charge in [-0.3, -0.25) is 0 Å². The molecule has 0 radical (unpaired) electrons. The lowest BCUT2D eigenvalue weighted by atomic mass is 9.98. The third-order valence-electron chi connectivity index (χ3n) is 4.94. The zero-order chi connectivity index (χ0) is 27.0. The number of hydrogen-bond acceptors (Lipinski definition) is 2. The van der Waals surface area contributed by atoms with Crippen LogP contribution < -0.4 is 5.11 Å². The van der Waals surface area contributed by atoms with Crippen LogP contribution in [-0.4, -0.2) is 29.9 Å². The fourth-order valence-corrected chi connectivity index (χ4v) is 5.15. The maximum absolute atomic E-state index is 12.7. The molecule has 36 heavy (non-hydrogen) atoms. The highest BCUT2D eigenvalue weighted by Crippen LogP contribution is 2.48. The van der Waals surface area contributed by atoms with Crippen molar-refractivity contribution in [1.29, 1.82) is 0 Å². The zero-order valence-corrected chi connectivity index (χ0v) is 19.8. The van der Waals surface area contributed by atoms with E-state index in [0.29, 0.717) is 0 Å². The van der Waals surface area contributed by atoms with E-state index in [-0.39, 0.29) is 17.3 Å². The molecule has 0 aromatic heterocycles. The van der Waals surface area contributed by atoms with E-state index in [1.165, 1.54) is 14.7 Å². The van der Waals surface area contributed by atoms with E-state index >= 15 is 0 Å². The van der Waals surface area contributed by atoms with E-state index in [1.807, 2.05) is 0 Å². The molecule has 0 saturated heterocycles. The van der Waals surface area contributed by atoms with E-state index in [4.69, 9.17) is 0 Å². The summed E-state index contributed by atoms with van der Waals surface area (Å²) in [7, 11) is -0.0146. The van der Waals surface area contributed by atoms with Crippen molar-refractivity contribution < 1.29 is 40.6 Å². The molecule has 0 spiro atoms. The van der Waals surface area contributed by atoms with Gasteiger partial charge in [0.1, 0.15) is 5.97 Å². The van der Waals surface area contributed by atoms with Crippen LogP contribution in [0, 0.1) is 0 Å². The van der Waals surface area contributed by atoms with Gasteiger partial charge >= 0.3 is 17.8 Å². The van der Waals surface area contributed by atoms with Crippen LogP contribution in [0.3, 0.4) is 0 Å². The fourth-order valence-electron chi connectivity index (χ4n) is 3.05. The van der Waals surface area contributed by atoms with Crippen molar-refractivity contribution in [3.63, 3.8) is 0 Å². The molecule has 10 heteroatoms. The number of halogens is 7. The van der Waals surface area contributed by atoms with Gasteiger partial charge in [-0.15, -0.1) is 0 Å². The number of aliphatic carboxylic acids is 1. The lowest BCUT2D eigenvalue weighted by Crippen LogP contribution is -2.64. The van der Waals surface area contributed by atoms with Gasteiger partial charge in [-0.25, -0.2) is 4.39 Å². The molecule has 0 aliphatic rings. The molecule has 0 fully saturated rings. The van der Waals surface area contributed by atoms with Crippen molar-refractivity contribution in [3.05, 3.63) is 91.0 Å². The van der Waals surface area contributed by atoms with E-state index in [9.17, 15) is 40.6 Å². The smallest absolute Gasteiger partial charge is 0.380 e. The van der Waals surface area contributed by atoms with Crippen molar-refractivity contribution in [1.82, 2.24) is 0 Å². The largest absolute Gasteiger partial charge is 0.544 e. The van der Waals surface area contributed by atoms with Crippen LogP contribution in [0.15, 0.2) is 106 Å². The van der Waals surface area contributed by atoms with Crippen LogP contribution in [0.5, 0.6) is 0 Å². The first-order valence-corrected chi connectivity index (χ1v) is 12.0. The standard InChI is InChI=1S/C18H15S.C8H9F7O2/c1-4-10-16(11-5-1)19(17-12-6-2-7-13-17)18-14-8-3-9-15-18;1-2-3-4(9)6(10,11)8(14,15)7(12,13)5(16)17/h1-15H;4H,2-3H2,1H3,(H,16,17)/q+1;/p-1. The summed E-state index contributed by atoms with van der Waals surface area (Å²) in [6.07, 6.45) is -4.98. The Kier molecular flexibility index (Phi) is 9.98. The Balaban J connectivity index is 0.000000256. The van der Waals surface area contributed by atoms with Gasteiger partial charge in [0.15, 0.2) is 20.9 Å². The molecular weight excluding hydrogens is 509 g/mol. The predicted octanol–water partition coefficient (Wildman–Crippen LogP) is 6.56. The third kappa shape index (κ3) is 6.40. The highest BCUT2D eigenvalue weighted by molar-refractivity contribution is 7.97. The predicted molar refractivity (Wildman–Crippen MR) is 121 cm³/mol. The highest BCUT2D eigenvalue weighted by Gasteiger charge is 2.74. The molecule has 0 amide bonds. The van der Waals surface area contributed by atoms with Crippen molar-refractivity contribution in [2.75, 3.05) is 0 Å². The molecule has 194 valence electrons. The Hall–Kier alpha value is -3.01. The summed E-state index contributed by atoms with van der Waals surface area (Å²) in [5.41, 5.74) is 0. The van der Waals surface area contributed by atoms with Crippen LogP contribution in [0.25, 0.3) is 0 Å². The van der Waals surface area contributed by atoms with Crippen LogP contribution in [0.2, 0.25) is 0 Å². The second-order valence-electron chi connectivity index (χ2n) is 7.56. The minimum absolute atomic E-state index is 0.0146. The average molecular weight is 533 g/mol. The average Bonchev–Trinajstić information content (AvgIpc) is 2.86. The molecule has 0 aliphatic heterocycles. The molecule has 3 aromatic carbocycles. The minimum Gasteiger partial charge on any atom is -0.544 e. The molecule has 0 heterocycles. The Morgan fingerprint density at radius 2 is 1.08 bits per heavy atom. The summed E-state index contributed by atoms with van der Waals surface area (Å²) >= 11 is 0. The van der Waals surface area contributed by atoms with E-state index in [0.717, 1.165) is 6.92 Å². The minimum atomic E-state index is -6.37. The number of rotatable bonds is 9. The van der Waals surface area contributed by atoms with E-state index in [2.05, 4.69) is 91.0 Å². The van der Waals surface area contributed by atoms with Gasteiger partial charge in [0.25, 0.3) is 0 Å². The van der Waals surface area contributed by atoms with Gasteiger partial charge in [0.05, 0.1) is 10.9 Å². The molecule has 0 N–H and O–H groups in total. The summed E-state index contributed by atoms with van der Waals surface area (Å²) in [4.78, 5) is 13.8. The molecular formula is C26H23F7O2S. The first-order chi connectivity index (χ1) is 16.9. The lowest BCUT2D eigenvalue weighted by Gasteiger charge is -2.34. The number of carboxylic acid groups (broad SMARTS) is 1. The van der Waals surface area contributed by atoms with Gasteiger partial charge < -0.3 is 9.90 Å². The SMILES string of the molecule is CCCC(F)C(F)(F)C(F)(F)C(F)(F)C(=O)[O-].c1ccc([S+](c2ccccc2)c2ccccc2)cc1. The third-order valence-corrected chi connectivity index (χ3v) is 7.17. The number of carboxylic acids is 1. The van der Waals surface area contributed by atoms with Crippen LogP contribution in [0.4, 0.5) is 30.7 Å². The van der Waals surface area contributed by atoms with Crippen molar-refractivity contribution in [3.8, 4) is 0 Å². The fraction of sp³-hybridized carbons (Fsp3) is 0.269.